The molecule has 2 aromatic carbocycles. The Morgan fingerprint density at radius 2 is 2.03 bits per heavy atom. The van der Waals surface area contributed by atoms with Crippen molar-refractivity contribution in [2.24, 2.45) is 5.92 Å². The number of hydrogen-bond acceptors (Lipinski definition) is 3. The lowest BCUT2D eigenvalue weighted by Crippen LogP contribution is -2.34. The Morgan fingerprint density at radius 3 is 2.83 bits per heavy atom. The zero-order chi connectivity index (χ0) is 20.3. The van der Waals surface area contributed by atoms with Crippen molar-refractivity contribution in [1.29, 1.82) is 0 Å². The van der Waals surface area contributed by atoms with E-state index in [2.05, 4.69) is 37.4 Å². The van der Waals surface area contributed by atoms with E-state index in [-0.39, 0.29) is 17.1 Å². The first kappa shape index (κ1) is 18.4. The highest BCUT2D eigenvalue weighted by atomic mass is 32.2. The van der Waals surface area contributed by atoms with Crippen LogP contribution in [0.5, 0.6) is 0 Å². The van der Waals surface area contributed by atoms with Crippen LogP contribution in [0.3, 0.4) is 0 Å². The van der Waals surface area contributed by atoms with Gasteiger partial charge in [0.2, 0.25) is 0 Å². The van der Waals surface area contributed by atoms with Crippen molar-refractivity contribution in [2.45, 2.75) is 30.6 Å². The largest absolute Gasteiger partial charge is 0.311 e. The lowest BCUT2D eigenvalue weighted by Gasteiger charge is -2.29. The van der Waals surface area contributed by atoms with Crippen LogP contribution in [-0.2, 0) is 10.2 Å². The first-order chi connectivity index (χ1) is 14.0. The van der Waals surface area contributed by atoms with Gasteiger partial charge in [0.25, 0.3) is 5.91 Å². The van der Waals surface area contributed by atoms with E-state index in [1.807, 2.05) is 36.1 Å². The molecule has 4 heteroatoms. The first-order valence-electron chi connectivity index (χ1n) is 9.96. The number of carbonyl (C=O) groups is 2. The van der Waals surface area contributed by atoms with Crippen molar-refractivity contribution in [3.8, 4) is 0 Å². The first-order valence-corrected chi connectivity index (χ1v) is 11.2. The molecule has 0 bridgehead atoms. The Bertz CT molecular complexity index is 1130. The second kappa shape index (κ2) is 6.46. The summed E-state index contributed by atoms with van der Waals surface area (Å²) in [7, 11) is 0. The molecule has 3 nitrogen and oxygen atoms in total. The summed E-state index contributed by atoms with van der Waals surface area (Å²) < 4.78 is 0. The van der Waals surface area contributed by atoms with Crippen LogP contribution < -0.4 is 0 Å². The van der Waals surface area contributed by atoms with Gasteiger partial charge >= 0.3 is 0 Å². The molecule has 0 N–H and O–H groups in total. The van der Waals surface area contributed by atoms with E-state index in [1.165, 1.54) is 4.90 Å². The van der Waals surface area contributed by atoms with Crippen molar-refractivity contribution in [2.75, 3.05) is 12.8 Å². The minimum Gasteiger partial charge on any atom is -0.311 e. The monoisotopic (exact) mass is 401 g/mol. The maximum atomic E-state index is 13.4. The molecule has 3 aliphatic rings. The molecule has 29 heavy (non-hydrogen) atoms. The third kappa shape index (κ3) is 2.66. The van der Waals surface area contributed by atoms with Gasteiger partial charge in [0.05, 0.1) is 0 Å². The number of nitrogens with zero attached hydrogens (tertiary/aromatic N) is 1. The highest BCUT2D eigenvalue weighted by molar-refractivity contribution is 7.98. The zero-order valence-electron chi connectivity index (χ0n) is 16.9. The minimum absolute atomic E-state index is 0.00367. The fourth-order valence-corrected chi connectivity index (χ4v) is 5.44. The fourth-order valence-electron chi connectivity index (χ4n) is 4.99. The molecular formula is C25H23NO2S. The van der Waals surface area contributed by atoms with Gasteiger partial charge in [-0.25, -0.2) is 0 Å². The second-order valence-corrected chi connectivity index (χ2v) is 9.16. The number of amides is 1. The molecule has 0 radical (unpaired) electrons. The van der Waals surface area contributed by atoms with Crippen molar-refractivity contribution >= 4 is 29.5 Å². The number of thioether (sulfide) groups is 1. The van der Waals surface area contributed by atoms with Crippen molar-refractivity contribution in [3.05, 3.63) is 82.1 Å². The summed E-state index contributed by atoms with van der Waals surface area (Å²) >= 11 is 1.70. The lowest BCUT2D eigenvalue weighted by molar-refractivity contribution is -0.124. The third-order valence-corrected chi connectivity index (χ3v) is 7.36. The molecule has 1 spiro atoms. The SMILES string of the molecule is CSc1ccc(C)c(/C=C(\C)C(=O)N2C[C@H]3C[C@@]34C2=CC(=O)c2ccccc24)c1. The Labute approximate surface area is 175 Å². The number of ketones is 1. The number of benzene rings is 2. The van der Waals surface area contributed by atoms with Gasteiger partial charge in [-0.2, -0.15) is 0 Å². The number of aryl methyl sites for hydroxylation is 1. The predicted molar refractivity (Wildman–Crippen MR) is 117 cm³/mol. The molecule has 1 amide bonds. The lowest BCUT2D eigenvalue weighted by atomic mass is 9.81. The van der Waals surface area contributed by atoms with E-state index in [9.17, 15) is 9.59 Å². The highest BCUT2D eigenvalue weighted by Crippen LogP contribution is 2.66. The Kier molecular flexibility index (Phi) is 4.11. The van der Waals surface area contributed by atoms with Crippen LogP contribution in [0.4, 0.5) is 0 Å². The zero-order valence-corrected chi connectivity index (χ0v) is 17.7. The van der Waals surface area contributed by atoms with Crippen LogP contribution in [0.15, 0.2) is 64.7 Å². The number of fused-ring (bicyclic) bond motifs is 1. The van der Waals surface area contributed by atoms with Crippen molar-refractivity contribution in [3.63, 3.8) is 0 Å². The van der Waals surface area contributed by atoms with Gasteiger partial charge in [-0.3, -0.25) is 9.59 Å². The van der Waals surface area contributed by atoms with E-state index < -0.39 is 0 Å². The van der Waals surface area contributed by atoms with Crippen molar-refractivity contribution < 1.29 is 9.59 Å². The number of carbonyl (C=O) groups excluding carboxylic acids is 2. The van der Waals surface area contributed by atoms with E-state index in [0.29, 0.717) is 18.0 Å². The summed E-state index contributed by atoms with van der Waals surface area (Å²) in [5, 5.41) is 0. The molecule has 5 rings (SSSR count). The molecule has 2 aromatic rings. The molecule has 2 fully saturated rings. The van der Waals surface area contributed by atoms with Crippen LogP contribution in [0.25, 0.3) is 6.08 Å². The van der Waals surface area contributed by atoms with Crippen LogP contribution in [0, 0.1) is 12.8 Å². The van der Waals surface area contributed by atoms with E-state index in [4.69, 9.17) is 0 Å². The molecule has 2 aliphatic carbocycles. The molecule has 2 atom stereocenters. The molecule has 146 valence electrons. The standard InChI is InChI=1S/C25H23NO2S/c1-15-8-9-19(29-3)11-17(15)10-16(2)24(28)26-14-18-13-25(18)21-7-5-4-6-20(21)22(27)12-23(25)26/h4-12,18H,13-14H2,1-3H3/b16-10+/t18-,25-/m1/s1. The van der Waals surface area contributed by atoms with Gasteiger partial charge in [0, 0.05) is 39.8 Å². The van der Waals surface area contributed by atoms with E-state index >= 15 is 0 Å². The third-order valence-electron chi connectivity index (χ3n) is 6.64. The van der Waals surface area contributed by atoms with Crippen LogP contribution in [0.1, 0.15) is 40.4 Å². The number of hydrogen-bond donors (Lipinski definition) is 0. The predicted octanol–water partition coefficient (Wildman–Crippen LogP) is 5.00. The summed E-state index contributed by atoms with van der Waals surface area (Å²) in [5.74, 6) is 0.432. The molecule has 0 unspecified atom stereocenters. The fraction of sp³-hybridized carbons (Fsp3) is 0.280. The maximum Gasteiger partial charge on any atom is 0.253 e. The Hall–Kier alpha value is -2.59. The normalized spacial score (nSPS) is 24.6. The van der Waals surface area contributed by atoms with Gasteiger partial charge < -0.3 is 4.90 Å². The van der Waals surface area contributed by atoms with Gasteiger partial charge in [-0.1, -0.05) is 30.3 Å². The van der Waals surface area contributed by atoms with Crippen molar-refractivity contribution in [1.82, 2.24) is 4.90 Å². The minimum atomic E-state index is -0.130. The Morgan fingerprint density at radius 1 is 1.24 bits per heavy atom. The smallest absolute Gasteiger partial charge is 0.253 e. The van der Waals surface area contributed by atoms with Gasteiger partial charge in [0.15, 0.2) is 5.78 Å². The molecule has 1 saturated carbocycles. The van der Waals surface area contributed by atoms with Crippen LogP contribution >= 0.6 is 11.8 Å². The highest BCUT2D eigenvalue weighted by Gasteiger charge is 2.67. The van der Waals surface area contributed by atoms with Crippen LogP contribution in [0.2, 0.25) is 0 Å². The second-order valence-electron chi connectivity index (χ2n) is 8.28. The molecule has 1 saturated heterocycles. The summed E-state index contributed by atoms with van der Waals surface area (Å²) in [4.78, 5) is 29.1. The quantitative estimate of drug-likeness (QED) is 0.536. The number of rotatable bonds is 3. The van der Waals surface area contributed by atoms with Gasteiger partial charge in [0.1, 0.15) is 0 Å². The topological polar surface area (TPSA) is 37.4 Å². The average Bonchev–Trinajstić information content (AvgIpc) is 3.36. The number of likely N-dealkylation sites (tertiary alicyclic amines) is 1. The van der Waals surface area contributed by atoms with E-state index in [0.717, 1.165) is 34.4 Å². The van der Waals surface area contributed by atoms with Crippen LogP contribution in [-0.4, -0.2) is 29.4 Å². The number of piperidine rings is 1. The summed E-state index contributed by atoms with van der Waals surface area (Å²) in [6.07, 6.45) is 6.77. The summed E-state index contributed by atoms with van der Waals surface area (Å²) in [5.41, 5.74) is 5.60. The Balaban J connectivity index is 1.49. The number of allylic oxidation sites excluding steroid dienone is 2. The summed E-state index contributed by atoms with van der Waals surface area (Å²) in [6.45, 7) is 4.64. The molecule has 1 heterocycles. The van der Waals surface area contributed by atoms with E-state index in [1.54, 1.807) is 17.8 Å². The van der Waals surface area contributed by atoms with Gasteiger partial charge in [-0.15, -0.1) is 11.8 Å². The molecule has 1 aliphatic heterocycles. The average molecular weight is 402 g/mol. The summed E-state index contributed by atoms with van der Waals surface area (Å²) in [6, 6.07) is 14.2. The van der Waals surface area contributed by atoms with Gasteiger partial charge in [-0.05, 0) is 67.3 Å². The molecular weight excluding hydrogens is 378 g/mol. The maximum absolute atomic E-state index is 13.4. The molecule has 0 aromatic heterocycles.